The van der Waals surface area contributed by atoms with E-state index in [1.165, 1.54) is 12.1 Å². The number of carbonyl (C=O) groups is 3. The van der Waals surface area contributed by atoms with E-state index >= 15 is 0 Å². The summed E-state index contributed by atoms with van der Waals surface area (Å²) < 4.78 is 38.0. The molecule has 2 aromatic rings. The summed E-state index contributed by atoms with van der Waals surface area (Å²) in [7, 11) is -4.01. The number of esters is 1. The van der Waals surface area contributed by atoms with Gasteiger partial charge >= 0.3 is 5.97 Å². The van der Waals surface area contributed by atoms with Gasteiger partial charge in [-0.25, -0.2) is 17.9 Å². The van der Waals surface area contributed by atoms with Gasteiger partial charge < -0.3 is 9.47 Å². The van der Waals surface area contributed by atoms with Crippen LogP contribution in [0.25, 0.3) is 0 Å². The van der Waals surface area contributed by atoms with Crippen molar-refractivity contribution < 1.29 is 32.3 Å². The minimum Gasteiger partial charge on any atom is -0.452 e. The van der Waals surface area contributed by atoms with E-state index in [0.717, 1.165) is 24.5 Å². The van der Waals surface area contributed by atoms with E-state index in [1.54, 1.807) is 30.3 Å². The van der Waals surface area contributed by atoms with Crippen LogP contribution in [-0.2, 0) is 35.5 Å². The molecule has 2 aromatic carbocycles. The highest BCUT2D eigenvalue weighted by atomic mass is 35.5. The van der Waals surface area contributed by atoms with Crippen LogP contribution in [0, 0.1) is 0 Å². The summed E-state index contributed by atoms with van der Waals surface area (Å²) in [6, 6.07) is 12.4. The Balaban J connectivity index is 1.55. The first-order valence-electron chi connectivity index (χ1n) is 10.2. The first-order valence-corrected chi connectivity index (χ1v) is 12.1. The molecule has 2 amide bonds. The molecule has 1 aliphatic rings. The highest BCUT2D eigenvalue weighted by Gasteiger charge is 2.24. The van der Waals surface area contributed by atoms with E-state index < -0.39 is 34.4 Å². The molecule has 2 N–H and O–H groups in total. The lowest BCUT2D eigenvalue weighted by Crippen LogP contribution is -2.35. The smallest absolute Gasteiger partial charge is 0.338 e. The number of sulfonamides is 1. The van der Waals surface area contributed by atoms with Crippen LogP contribution < -0.4 is 10.0 Å². The van der Waals surface area contributed by atoms with Crippen LogP contribution in [0.2, 0.25) is 5.02 Å². The molecule has 3 rings (SSSR count). The van der Waals surface area contributed by atoms with Crippen LogP contribution in [0.1, 0.15) is 28.8 Å². The second-order valence-corrected chi connectivity index (χ2v) is 9.48. The Hall–Kier alpha value is -2.79. The largest absolute Gasteiger partial charge is 0.452 e. The zero-order valence-corrected chi connectivity index (χ0v) is 19.2. The maximum Gasteiger partial charge on any atom is 0.338 e. The van der Waals surface area contributed by atoms with Gasteiger partial charge in [0.05, 0.1) is 23.1 Å². The molecule has 0 aromatic heterocycles. The molecule has 1 saturated heterocycles. The Kier molecular flexibility index (Phi) is 8.56. The van der Waals surface area contributed by atoms with Crippen molar-refractivity contribution in [2.24, 2.45) is 0 Å². The molecule has 11 heteroatoms. The maximum atomic E-state index is 12.6. The summed E-state index contributed by atoms with van der Waals surface area (Å²) >= 11 is 6.03. The lowest BCUT2D eigenvalue weighted by atomic mass is 10.1. The van der Waals surface area contributed by atoms with Gasteiger partial charge in [0.1, 0.15) is 4.90 Å². The van der Waals surface area contributed by atoms with E-state index in [2.05, 4.69) is 10.0 Å². The number of imide groups is 1. The Labute approximate surface area is 196 Å². The van der Waals surface area contributed by atoms with E-state index in [1.807, 2.05) is 0 Å². The lowest BCUT2D eigenvalue weighted by Gasteiger charge is -2.13. The lowest BCUT2D eigenvalue weighted by molar-refractivity contribution is -0.132. The Morgan fingerprint density at radius 2 is 1.85 bits per heavy atom. The van der Waals surface area contributed by atoms with Crippen molar-refractivity contribution in [3.63, 3.8) is 0 Å². The number of halogens is 1. The summed E-state index contributed by atoms with van der Waals surface area (Å²) in [5.41, 5.74) is 0.614. The van der Waals surface area contributed by atoms with Gasteiger partial charge in [-0.05, 0) is 36.6 Å². The number of benzene rings is 2. The molecule has 1 heterocycles. The van der Waals surface area contributed by atoms with E-state index in [0.29, 0.717) is 6.61 Å². The number of hydrogen-bond acceptors (Lipinski definition) is 7. The quantitative estimate of drug-likeness (QED) is 0.509. The highest BCUT2D eigenvalue weighted by Crippen LogP contribution is 2.23. The number of hydrogen-bond donors (Lipinski definition) is 2. The monoisotopic (exact) mass is 494 g/mol. The molecule has 1 atom stereocenters. The molecule has 0 bridgehead atoms. The van der Waals surface area contributed by atoms with Crippen molar-refractivity contribution in [3.8, 4) is 0 Å². The molecule has 0 spiro atoms. The van der Waals surface area contributed by atoms with E-state index in [4.69, 9.17) is 21.1 Å². The molecule has 33 heavy (non-hydrogen) atoms. The summed E-state index contributed by atoms with van der Waals surface area (Å²) in [5, 5.41) is 2.06. The molecular formula is C22H23ClN2O7S. The van der Waals surface area contributed by atoms with Gasteiger partial charge in [-0.15, -0.1) is 0 Å². The zero-order valence-electron chi connectivity index (χ0n) is 17.6. The first-order chi connectivity index (χ1) is 15.7. The number of nitrogens with one attached hydrogen (secondary N) is 2. The fourth-order valence-electron chi connectivity index (χ4n) is 3.15. The zero-order chi connectivity index (χ0) is 23.8. The number of rotatable bonds is 9. The highest BCUT2D eigenvalue weighted by molar-refractivity contribution is 7.89. The Bertz CT molecular complexity index is 1120. The van der Waals surface area contributed by atoms with Crippen LogP contribution in [0.15, 0.2) is 53.4 Å². The molecule has 0 radical (unpaired) electrons. The van der Waals surface area contributed by atoms with Crippen molar-refractivity contribution in [1.82, 2.24) is 10.0 Å². The predicted molar refractivity (Wildman–Crippen MR) is 119 cm³/mol. The van der Waals surface area contributed by atoms with E-state index in [-0.39, 0.29) is 34.6 Å². The standard InChI is InChI=1S/C22H23ClN2O7S/c23-18-9-8-16(12-19(18)33(29,30)24-13-17-7-4-10-31-17)22(28)32-14-21(27)25-20(26)11-15-5-2-1-3-6-15/h1-3,5-6,8-9,12,17,24H,4,7,10-11,13-14H2,(H,25,26,27). The van der Waals surface area contributed by atoms with Crippen LogP contribution in [0.3, 0.4) is 0 Å². The van der Waals surface area contributed by atoms with Crippen molar-refractivity contribution >= 4 is 39.4 Å². The third-order valence-corrected chi connectivity index (χ3v) is 6.71. The molecule has 1 unspecified atom stereocenters. The normalized spacial score (nSPS) is 15.7. The second kappa shape index (κ2) is 11.4. The molecule has 0 aliphatic carbocycles. The first kappa shape index (κ1) is 24.8. The summed E-state index contributed by atoms with van der Waals surface area (Å²) in [5.74, 6) is -2.28. The van der Waals surface area contributed by atoms with Gasteiger partial charge in [0, 0.05) is 13.2 Å². The fourth-order valence-corrected chi connectivity index (χ4v) is 4.74. The van der Waals surface area contributed by atoms with Gasteiger partial charge in [-0.1, -0.05) is 41.9 Å². The maximum absolute atomic E-state index is 12.6. The summed E-state index contributed by atoms with van der Waals surface area (Å²) in [6.45, 7) is -0.0359. The van der Waals surface area contributed by atoms with Crippen LogP contribution in [-0.4, -0.2) is 52.1 Å². The van der Waals surface area contributed by atoms with Crippen molar-refractivity contribution in [2.45, 2.75) is 30.3 Å². The molecule has 9 nitrogen and oxygen atoms in total. The molecule has 0 saturated carbocycles. The van der Waals surface area contributed by atoms with Gasteiger partial charge in [0.15, 0.2) is 6.61 Å². The predicted octanol–water partition coefficient (Wildman–Crippen LogP) is 1.84. The third-order valence-electron chi connectivity index (χ3n) is 4.80. The number of amides is 2. The fraction of sp³-hybridized carbons (Fsp3) is 0.318. The van der Waals surface area contributed by atoms with Gasteiger partial charge in [-0.3, -0.25) is 14.9 Å². The molecule has 1 aliphatic heterocycles. The third kappa shape index (κ3) is 7.36. The summed E-state index contributed by atoms with van der Waals surface area (Å²) in [4.78, 5) is 35.9. The van der Waals surface area contributed by atoms with Crippen molar-refractivity contribution in [3.05, 3.63) is 64.7 Å². The SMILES string of the molecule is O=C(COC(=O)c1ccc(Cl)c(S(=O)(=O)NCC2CCCO2)c1)NC(=O)Cc1ccccc1. The van der Waals surface area contributed by atoms with Crippen molar-refractivity contribution in [1.29, 1.82) is 0 Å². The average molecular weight is 495 g/mol. The van der Waals surface area contributed by atoms with Crippen LogP contribution >= 0.6 is 11.6 Å². The second-order valence-electron chi connectivity index (χ2n) is 7.34. The Morgan fingerprint density at radius 3 is 2.55 bits per heavy atom. The minimum absolute atomic E-state index is 0.00216. The van der Waals surface area contributed by atoms with E-state index in [9.17, 15) is 22.8 Å². The van der Waals surface area contributed by atoms with Crippen LogP contribution in [0.5, 0.6) is 0 Å². The topological polar surface area (TPSA) is 128 Å². The summed E-state index contributed by atoms with van der Waals surface area (Å²) in [6.07, 6.45) is 1.39. The van der Waals surface area contributed by atoms with Gasteiger partial charge in [0.2, 0.25) is 15.9 Å². The minimum atomic E-state index is -4.01. The van der Waals surface area contributed by atoms with Gasteiger partial charge in [0.25, 0.3) is 5.91 Å². The van der Waals surface area contributed by atoms with Crippen LogP contribution in [0.4, 0.5) is 0 Å². The van der Waals surface area contributed by atoms with Gasteiger partial charge in [-0.2, -0.15) is 0 Å². The number of carbonyl (C=O) groups excluding carboxylic acids is 3. The molecule has 1 fully saturated rings. The van der Waals surface area contributed by atoms with Crippen molar-refractivity contribution in [2.75, 3.05) is 19.8 Å². The average Bonchev–Trinajstić information content (AvgIpc) is 3.31. The number of ether oxygens (including phenoxy) is 2. The molecular weight excluding hydrogens is 472 g/mol. The molecule has 176 valence electrons. The Morgan fingerprint density at radius 1 is 1.09 bits per heavy atom.